The van der Waals surface area contributed by atoms with Crippen LogP contribution in [0.4, 0.5) is 0 Å². The Morgan fingerprint density at radius 3 is 2.84 bits per heavy atom. The highest BCUT2D eigenvalue weighted by Gasteiger charge is 2.13. The average Bonchev–Trinajstić information content (AvgIpc) is 3.17. The molecule has 0 saturated heterocycles. The van der Waals surface area contributed by atoms with Crippen molar-refractivity contribution in [3.63, 3.8) is 0 Å². The molecular weight excluding hydrogens is 318 g/mol. The van der Waals surface area contributed by atoms with Crippen molar-refractivity contribution in [3.8, 4) is 11.5 Å². The summed E-state index contributed by atoms with van der Waals surface area (Å²) in [5.41, 5.74) is 3.92. The molecule has 6 heteroatoms. The number of rotatable bonds is 4. The number of aromatic nitrogens is 2. The van der Waals surface area contributed by atoms with E-state index in [9.17, 15) is 4.79 Å². The van der Waals surface area contributed by atoms with Crippen LogP contribution in [0.25, 0.3) is 11.0 Å². The molecule has 2 aromatic carbocycles. The van der Waals surface area contributed by atoms with Gasteiger partial charge in [-0.2, -0.15) is 0 Å². The second-order valence-electron chi connectivity index (χ2n) is 6.18. The summed E-state index contributed by atoms with van der Waals surface area (Å²) < 4.78 is 12.7. The number of amides is 1. The van der Waals surface area contributed by atoms with Crippen LogP contribution in [0.2, 0.25) is 0 Å². The summed E-state index contributed by atoms with van der Waals surface area (Å²) in [4.78, 5) is 16.7. The molecule has 1 aliphatic rings. The highest BCUT2D eigenvalue weighted by atomic mass is 16.7. The van der Waals surface area contributed by atoms with Crippen LogP contribution in [0.1, 0.15) is 17.0 Å². The topological polar surface area (TPSA) is 65.4 Å². The zero-order chi connectivity index (χ0) is 17.4. The maximum Gasteiger partial charge on any atom is 0.231 e. The number of hydrogen-bond donors (Lipinski definition) is 1. The maximum atomic E-state index is 12.2. The molecule has 0 spiro atoms. The second kappa shape index (κ2) is 6.12. The van der Waals surface area contributed by atoms with Crippen molar-refractivity contribution in [2.24, 2.45) is 7.05 Å². The predicted molar refractivity (Wildman–Crippen MR) is 93.6 cm³/mol. The van der Waals surface area contributed by atoms with Gasteiger partial charge in [0.25, 0.3) is 0 Å². The minimum absolute atomic E-state index is 0.0235. The number of benzene rings is 2. The zero-order valence-corrected chi connectivity index (χ0v) is 14.2. The number of nitrogens with zero attached hydrogens (tertiary/aromatic N) is 2. The Labute approximate surface area is 145 Å². The molecule has 25 heavy (non-hydrogen) atoms. The van der Waals surface area contributed by atoms with Gasteiger partial charge in [-0.1, -0.05) is 12.1 Å². The molecule has 1 aliphatic heterocycles. The van der Waals surface area contributed by atoms with Gasteiger partial charge in [0.05, 0.1) is 17.5 Å². The number of carbonyl (C=O) groups excluding carboxylic acids is 1. The molecule has 1 N–H and O–H groups in total. The van der Waals surface area contributed by atoms with Crippen LogP contribution >= 0.6 is 0 Å². The van der Waals surface area contributed by atoms with E-state index in [1.807, 2.05) is 54.9 Å². The van der Waals surface area contributed by atoms with Crippen molar-refractivity contribution in [1.29, 1.82) is 0 Å². The lowest BCUT2D eigenvalue weighted by atomic mass is 10.1. The number of imidazole rings is 1. The number of nitrogens with one attached hydrogen (secondary N) is 1. The molecule has 0 fully saturated rings. The van der Waals surface area contributed by atoms with E-state index in [4.69, 9.17) is 9.47 Å². The fourth-order valence-electron chi connectivity index (χ4n) is 2.98. The SMILES string of the molecule is Cc1nc2cc(CC(=O)NCc3ccc4c(c3)OCO4)ccc2n1C. The van der Waals surface area contributed by atoms with E-state index in [1.165, 1.54) is 0 Å². The summed E-state index contributed by atoms with van der Waals surface area (Å²) in [7, 11) is 1.99. The molecular formula is C19H19N3O3. The van der Waals surface area contributed by atoms with E-state index in [2.05, 4.69) is 10.3 Å². The van der Waals surface area contributed by atoms with Gasteiger partial charge in [-0.25, -0.2) is 4.98 Å². The molecule has 1 amide bonds. The van der Waals surface area contributed by atoms with E-state index in [1.54, 1.807) is 0 Å². The van der Waals surface area contributed by atoms with E-state index in [0.29, 0.717) is 13.0 Å². The quantitative estimate of drug-likeness (QED) is 0.794. The highest BCUT2D eigenvalue weighted by Crippen LogP contribution is 2.32. The van der Waals surface area contributed by atoms with Gasteiger partial charge < -0.3 is 19.4 Å². The minimum Gasteiger partial charge on any atom is -0.454 e. The van der Waals surface area contributed by atoms with Crippen LogP contribution < -0.4 is 14.8 Å². The molecule has 0 atom stereocenters. The first-order valence-corrected chi connectivity index (χ1v) is 8.17. The summed E-state index contributed by atoms with van der Waals surface area (Å²) >= 11 is 0. The first-order chi connectivity index (χ1) is 12.1. The Morgan fingerprint density at radius 2 is 1.96 bits per heavy atom. The molecule has 1 aromatic heterocycles. The first-order valence-electron chi connectivity index (χ1n) is 8.17. The van der Waals surface area contributed by atoms with Crippen LogP contribution in [-0.2, 0) is 24.8 Å². The zero-order valence-electron chi connectivity index (χ0n) is 14.2. The normalized spacial score (nSPS) is 12.6. The Kier molecular flexibility index (Phi) is 3.80. The van der Waals surface area contributed by atoms with Crippen LogP contribution in [0, 0.1) is 6.92 Å². The van der Waals surface area contributed by atoms with Gasteiger partial charge in [-0.3, -0.25) is 4.79 Å². The third-order valence-corrected chi connectivity index (χ3v) is 4.46. The predicted octanol–water partition coefficient (Wildman–Crippen LogP) is 2.47. The van der Waals surface area contributed by atoms with E-state index in [-0.39, 0.29) is 12.7 Å². The molecule has 0 bridgehead atoms. The van der Waals surface area contributed by atoms with Gasteiger partial charge in [0.2, 0.25) is 12.7 Å². The van der Waals surface area contributed by atoms with Crippen molar-refractivity contribution in [1.82, 2.24) is 14.9 Å². The summed E-state index contributed by atoms with van der Waals surface area (Å²) in [5.74, 6) is 2.40. The Morgan fingerprint density at radius 1 is 1.16 bits per heavy atom. The van der Waals surface area contributed by atoms with Gasteiger partial charge in [-0.15, -0.1) is 0 Å². The number of carbonyl (C=O) groups is 1. The summed E-state index contributed by atoms with van der Waals surface area (Å²) in [6.07, 6.45) is 0.329. The number of aryl methyl sites for hydroxylation is 2. The van der Waals surface area contributed by atoms with Crippen LogP contribution in [-0.4, -0.2) is 22.3 Å². The second-order valence-corrected chi connectivity index (χ2v) is 6.18. The first kappa shape index (κ1) is 15.5. The molecule has 2 heterocycles. The number of hydrogen-bond acceptors (Lipinski definition) is 4. The lowest BCUT2D eigenvalue weighted by Gasteiger charge is -2.07. The smallest absolute Gasteiger partial charge is 0.231 e. The number of fused-ring (bicyclic) bond motifs is 2. The van der Waals surface area contributed by atoms with E-state index in [0.717, 1.165) is 39.5 Å². The standard InChI is InChI=1S/C19H19N3O3/c1-12-21-15-7-13(3-5-16(15)22(12)2)9-19(23)20-10-14-4-6-17-18(8-14)25-11-24-17/h3-8H,9-11H2,1-2H3,(H,20,23). The third-order valence-electron chi connectivity index (χ3n) is 4.46. The van der Waals surface area contributed by atoms with Gasteiger partial charge in [0.1, 0.15) is 5.82 Å². The van der Waals surface area contributed by atoms with Gasteiger partial charge in [-0.05, 0) is 42.3 Å². The summed E-state index contributed by atoms with van der Waals surface area (Å²) in [6, 6.07) is 11.6. The largest absolute Gasteiger partial charge is 0.454 e. The van der Waals surface area contributed by atoms with E-state index < -0.39 is 0 Å². The highest BCUT2D eigenvalue weighted by molar-refractivity contribution is 5.82. The maximum absolute atomic E-state index is 12.2. The molecule has 0 unspecified atom stereocenters. The average molecular weight is 337 g/mol. The van der Waals surface area contributed by atoms with Crippen LogP contribution in [0.5, 0.6) is 11.5 Å². The minimum atomic E-state index is -0.0235. The Hall–Kier alpha value is -3.02. The molecule has 3 aromatic rings. The van der Waals surface area contributed by atoms with Crippen molar-refractivity contribution in [2.45, 2.75) is 19.9 Å². The van der Waals surface area contributed by atoms with Crippen molar-refractivity contribution in [3.05, 3.63) is 53.3 Å². The Balaban J connectivity index is 1.40. The number of ether oxygens (including phenoxy) is 2. The van der Waals surface area contributed by atoms with Gasteiger partial charge in [0, 0.05) is 13.6 Å². The monoisotopic (exact) mass is 337 g/mol. The lowest BCUT2D eigenvalue weighted by Crippen LogP contribution is -2.24. The van der Waals surface area contributed by atoms with E-state index >= 15 is 0 Å². The van der Waals surface area contributed by atoms with Crippen molar-refractivity contribution >= 4 is 16.9 Å². The van der Waals surface area contributed by atoms with Crippen LogP contribution in [0.15, 0.2) is 36.4 Å². The summed E-state index contributed by atoms with van der Waals surface area (Å²) in [6.45, 7) is 2.68. The molecule has 128 valence electrons. The van der Waals surface area contributed by atoms with Crippen molar-refractivity contribution < 1.29 is 14.3 Å². The molecule has 0 aliphatic carbocycles. The molecule has 4 rings (SSSR count). The molecule has 6 nitrogen and oxygen atoms in total. The van der Waals surface area contributed by atoms with Crippen LogP contribution in [0.3, 0.4) is 0 Å². The molecule has 0 saturated carbocycles. The summed E-state index contributed by atoms with van der Waals surface area (Å²) in [5, 5.41) is 2.94. The van der Waals surface area contributed by atoms with Gasteiger partial charge in [0.15, 0.2) is 11.5 Å². The third kappa shape index (κ3) is 3.03. The lowest BCUT2D eigenvalue weighted by molar-refractivity contribution is -0.120. The van der Waals surface area contributed by atoms with Gasteiger partial charge >= 0.3 is 0 Å². The van der Waals surface area contributed by atoms with Crippen molar-refractivity contribution in [2.75, 3.05) is 6.79 Å². The molecule has 0 radical (unpaired) electrons. The fourth-order valence-corrected chi connectivity index (χ4v) is 2.98. The fraction of sp³-hybridized carbons (Fsp3) is 0.263. The Bertz CT molecular complexity index is 962.